The van der Waals surface area contributed by atoms with Gasteiger partial charge in [-0.1, -0.05) is 20.8 Å². The SMILES string of the molecule is CCN(CC(C)C)C(C)CCC(=O)NN. The Kier molecular flexibility index (Phi) is 7.34. The van der Waals surface area contributed by atoms with Crippen molar-refractivity contribution < 1.29 is 4.79 Å². The largest absolute Gasteiger partial charge is 0.301 e. The molecule has 0 bridgehead atoms. The number of amides is 1. The molecule has 0 aromatic carbocycles. The predicted molar refractivity (Wildman–Crippen MR) is 63.1 cm³/mol. The minimum atomic E-state index is -0.0811. The van der Waals surface area contributed by atoms with E-state index in [1.807, 2.05) is 0 Å². The fourth-order valence-electron chi connectivity index (χ4n) is 1.68. The fourth-order valence-corrected chi connectivity index (χ4v) is 1.68. The number of hydrogen-bond donors (Lipinski definition) is 2. The summed E-state index contributed by atoms with van der Waals surface area (Å²) in [5.41, 5.74) is 2.16. The maximum absolute atomic E-state index is 11.0. The molecule has 1 unspecified atom stereocenters. The molecule has 0 saturated heterocycles. The van der Waals surface area contributed by atoms with Gasteiger partial charge in [-0.2, -0.15) is 0 Å². The van der Waals surface area contributed by atoms with Crippen LogP contribution >= 0.6 is 0 Å². The molecule has 0 heterocycles. The zero-order valence-corrected chi connectivity index (χ0v) is 10.4. The average Bonchev–Trinajstić information content (AvgIpc) is 2.21. The van der Waals surface area contributed by atoms with Crippen molar-refractivity contribution >= 4 is 5.91 Å². The molecular formula is C11H25N3O. The first kappa shape index (κ1) is 14.4. The lowest BCUT2D eigenvalue weighted by molar-refractivity contribution is -0.121. The quantitative estimate of drug-likeness (QED) is 0.380. The lowest BCUT2D eigenvalue weighted by atomic mass is 10.1. The van der Waals surface area contributed by atoms with Crippen LogP contribution in [-0.4, -0.2) is 29.9 Å². The van der Waals surface area contributed by atoms with Gasteiger partial charge in [-0.3, -0.25) is 10.2 Å². The summed E-state index contributed by atoms with van der Waals surface area (Å²) >= 11 is 0. The normalized spacial score (nSPS) is 13.3. The maximum Gasteiger partial charge on any atom is 0.233 e. The van der Waals surface area contributed by atoms with Crippen molar-refractivity contribution in [3.63, 3.8) is 0 Å². The van der Waals surface area contributed by atoms with Gasteiger partial charge >= 0.3 is 0 Å². The van der Waals surface area contributed by atoms with E-state index in [0.29, 0.717) is 18.4 Å². The summed E-state index contributed by atoms with van der Waals surface area (Å²) in [7, 11) is 0. The summed E-state index contributed by atoms with van der Waals surface area (Å²) < 4.78 is 0. The van der Waals surface area contributed by atoms with Gasteiger partial charge in [0.15, 0.2) is 0 Å². The molecule has 0 aliphatic rings. The lowest BCUT2D eigenvalue weighted by Crippen LogP contribution is -2.37. The first-order chi connectivity index (χ1) is 7.01. The molecule has 0 saturated carbocycles. The molecule has 1 amide bonds. The third-order valence-electron chi connectivity index (χ3n) is 2.58. The van der Waals surface area contributed by atoms with E-state index in [9.17, 15) is 4.79 Å². The Morgan fingerprint density at radius 3 is 2.40 bits per heavy atom. The molecule has 4 nitrogen and oxygen atoms in total. The van der Waals surface area contributed by atoms with Gasteiger partial charge in [-0.15, -0.1) is 0 Å². The summed E-state index contributed by atoms with van der Waals surface area (Å²) in [5.74, 6) is 5.62. The number of carbonyl (C=O) groups is 1. The van der Waals surface area contributed by atoms with Gasteiger partial charge in [0, 0.05) is 19.0 Å². The summed E-state index contributed by atoms with van der Waals surface area (Å²) in [5, 5.41) is 0. The smallest absolute Gasteiger partial charge is 0.233 e. The average molecular weight is 215 g/mol. The Morgan fingerprint density at radius 1 is 1.40 bits per heavy atom. The van der Waals surface area contributed by atoms with E-state index in [2.05, 4.69) is 38.0 Å². The molecular weight excluding hydrogens is 190 g/mol. The van der Waals surface area contributed by atoms with Crippen LogP contribution in [-0.2, 0) is 4.79 Å². The van der Waals surface area contributed by atoms with Crippen molar-refractivity contribution in [3.05, 3.63) is 0 Å². The second-order valence-electron chi connectivity index (χ2n) is 4.44. The second kappa shape index (κ2) is 7.65. The molecule has 0 spiro atoms. The number of rotatable bonds is 7. The molecule has 0 aromatic heterocycles. The summed E-state index contributed by atoms with van der Waals surface area (Å²) in [4.78, 5) is 13.4. The third kappa shape index (κ3) is 6.47. The fraction of sp³-hybridized carbons (Fsp3) is 0.909. The number of hydrazine groups is 1. The highest BCUT2D eigenvalue weighted by Crippen LogP contribution is 2.09. The molecule has 0 aliphatic heterocycles. The molecule has 1 atom stereocenters. The van der Waals surface area contributed by atoms with Gasteiger partial charge in [-0.05, 0) is 25.8 Å². The Hall–Kier alpha value is -0.610. The zero-order chi connectivity index (χ0) is 11.8. The van der Waals surface area contributed by atoms with Gasteiger partial charge in [0.2, 0.25) is 5.91 Å². The highest BCUT2D eigenvalue weighted by atomic mass is 16.2. The van der Waals surface area contributed by atoms with Crippen LogP contribution in [0.25, 0.3) is 0 Å². The minimum Gasteiger partial charge on any atom is -0.301 e. The number of hydrogen-bond acceptors (Lipinski definition) is 3. The van der Waals surface area contributed by atoms with Crippen molar-refractivity contribution in [1.29, 1.82) is 0 Å². The molecule has 15 heavy (non-hydrogen) atoms. The molecule has 3 N–H and O–H groups in total. The van der Waals surface area contributed by atoms with E-state index in [1.54, 1.807) is 0 Å². The van der Waals surface area contributed by atoms with Gasteiger partial charge < -0.3 is 4.90 Å². The van der Waals surface area contributed by atoms with Crippen LogP contribution in [0.3, 0.4) is 0 Å². The molecule has 90 valence electrons. The Morgan fingerprint density at radius 2 is 2.00 bits per heavy atom. The Balaban J connectivity index is 3.92. The second-order valence-corrected chi connectivity index (χ2v) is 4.44. The van der Waals surface area contributed by atoms with Crippen LogP contribution in [0.1, 0.15) is 40.5 Å². The minimum absolute atomic E-state index is 0.0811. The van der Waals surface area contributed by atoms with Gasteiger partial charge in [0.1, 0.15) is 0 Å². The summed E-state index contributed by atoms with van der Waals surface area (Å²) in [6.45, 7) is 10.9. The highest BCUT2D eigenvalue weighted by Gasteiger charge is 2.14. The van der Waals surface area contributed by atoms with Crippen LogP contribution in [0.4, 0.5) is 0 Å². The van der Waals surface area contributed by atoms with Gasteiger partial charge in [0.25, 0.3) is 0 Å². The topological polar surface area (TPSA) is 58.4 Å². The van der Waals surface area contributed by atoms with E-state index < -0.39 is 0 Å². The lowest BCUT2D eigenvalue weighted by Gasteiger charge is -2.29. The van der Waals surface area contributed by atoms with Gasteiger partial charge in [-0.25, -0.2) is 5.84 Å². The Labute approximate surface area is 93.2 Å². The number of nitrogens with one attached hydrogen (secondary N) is 1. The summed E-state index contributed by atoms with van der Waals surface area (Å²) in [6, 6.07) is 0.440. The van der Waals surface area contributed by atoms with Crippen molar-refractivity contribution in [1.82, 2.24) is 10.3 Å². The van der Waals surface area contributed by atoms with E-state index in [1.165, 1.54) is 0 Å². The van der Waals surface area contributed by atoms with Crippen molar-refractivity contribution in [2.45, 2.75) is 46.6 Å². The molecule has 0 rings (SSSR count). The van der Waals surface area contributed by atoms with Crippen LogP contribution < -0.4 is 11.3 Å². The number of nitrogens with zero attached hydrogens (tertiary/aromatic N) is 1. The molecule has 0 aromatic rings. The molecule has 4 heteroatoms. The Bertz CT molecular complexity index is 183. The van der Waals surface area contributed by atoms with Crippen LogP contribution in [0.15, 0.2) is 0 Å². The first-order valence-electron chi connectivity index (χ1n) is 5.74. The maximum atomic E-state index is 11.0. The standard InChI is InChI=1S/C11H25N3O/c1-5-14(8-9(2)3)10(4)6-7-11(15)13-12/h9-10H,5-8,12H2,1-4H3,(H,13,15). The van der Waals surface area contributed by atoms with E-state index in [4.69, 9.17) is 5.84 Å². The van der Waals surface area contributed by atoms with Crippen LogP contribution in [0.5, 0.6) is 0 Å². The third-order valence-corrected chi connectivity index (χ3v) is 2.58. The van der Waals surface area contributed by atoms with Gasteiger partial charge in [0.05, 0.1) is 0 Å². The van der Waals surface area contributed by atoms with E-state index in [0.717, 1.165) is 19.5 Å². The van der Waals surface area contributed by atoms with E-state index in [-0.39, 0.29) is 5.91 Å². The molecule has 0 radical (unpaired) electrons. The zero-order valence-electron chi connectivity index (χ0n) is 10.4. The van der Waals surface area contributed by atoms with Crippen LogP contribution in [0, 0.1) is 5.92 Å². The van der Waals surface area contributed by atoms with Crippen molar-refractivity contribution in [2.75, 3.05) is 13.1 Å². The van der Waals surface area contributed by atoms with E-state index >= 15 is 0 Å². The number of nitrogens with two attached hydrogens (primary N) is 1. The summed E-state index contributed by atoms with van der Waals surface area (Å²) in [6.07, 6.45) is 1.37. The van der Waals surface area contributed by atoms with Crippen molar-refractivity contribution in [3.8, 4) is 0 Å². The van der Waals surface area contributed by atoms with Crippen molar-refractivity contribution in [2.24, 2.45) is 11.8 Å². The predicted octanol–water partition coefficient (Wildman–Crippen LogP) is 1.12. The molecule has 0 aliphatic carbocycles. The first-order valence-corrected chi connectivity index (χ1v) is 5.74. The van der Waals surface area contributed by atoms with Crippen LogP contribution in [0.2, 0.25) is 0 Å². The molecule has 0 fully saturated rings. The number of carbonyl (C=O) groups excluding carboxylic acids is 1. The monoisotopic (exact) mass is 215 g/mol. The highest BCUT2D eigenvalue weighted by molar-refractivity contribution is 5.75.